The number of hydrogen-bond donors (Lipinski definition) is 1. The molecule has 28 heavy (non-hydrogen) atoms. The van der Waals surface area contributed by atoms with Crippen LogP contribution in [0.4, 0.5) is 5.69 Å². The van der Waals surface area contributed by atoms with Crippen LogP contribution in [-0.4, -0.2) is 44.3 Å². The summed E-state index contributed by atoms with van der Waals surface area (Å²) in [5.41, 5.74) is 2.44. The highest BCUT2D eigenvalue weighted by atomic mass is 16.5. The molecule has 0 radical (unpaired) electrons. The Morgan fingerprint density at radius 1 is 1.39 bits per heavy atom. The van der Waals surface area contributed by atoms with E-state index in [9.17, 15) is 4.79 Å². The number of fused-ring (bicyclic) bond motifs is 2. The number of hydrogen-bond acceptors (Lipinski definition) is 6. The second-order valence-corrected chi connectivity index (χ2v) is 7.10. The van der Waals surface area contributed by atoms with E-state index < -0.39 is 5.60 Å². The van der Waals surface area contributed by atoms with Crippen molar-refractivity contribution in [3.63, 3.8) is 0 Å². The molecule has 1 amide bonds. The van der Waals surface area contributed by atoms with Crippen LogP contribution in [-0.2, 0) is 11.3 Å². The quantitative estimate of drug-likeness (QED) is 0.692. The van der Waals surface area contributed by atoms with Crippen molar-refractivity contribution in [1.29, 1.82) is 5.26 Å². The van der Waals surface area contributed by atoms with Crippen molar-refractivity contribution in [2.75, 3.05) is 18.4 Å². The summed E-state index contributed by atoms with van der Waals surface area (Å²) in [4.78, 5) is 18.7. The van der Waals surface area contributed by atoms with E-state index in [-0.39, 0.29) is 12.5 Å². The van der Waals surface area contributed by atoms with Gasteiger partial charge in [0.1, 0.15) is 5.69 Å². The number of amides is 1. The van der Waals surface area contributed by atoms with Crippen LogP contribution in [0.5, 0.6) is 5.88 Å². The average Bonchev–Trinajstić information content (AvgIpc) is 3.33. The van der Waals surface area contributed by atoms with Crippen LogP contribution in [0.25, 0.3) is 22.0 Å². The number of benzene rings is 1. The van der Waals surface area contributed by atoms with Crippen molar-refractivity contribution >= 4 is 22.5 Å². The summed E-state index contributed by atoms with van der Waals surface area (Å²) in [5, 5.41) is 17.5. The molecule has 2 aliphatic heterocycles. The third kappa shape index (κ3) is 2.33. The lowest BCUT2D eigenvalue weighted by molar-refractivity contribution is -0.131. The van der Waals surface area contributed by atoms with E-state index in [1.807, 2.05) is 35.1 Å². The molecule has 1 fully saturated rings. The minimum absolute atomic E-state index is 0.228. The summed E-state index contributed by atoms with van der Waals surface area (Å²) in [7, 11) is 0. The van der Waals surface area contributed by atoms with Crippen molar-refractivity contribution < 1.29 is 9.53 Å². The SMILES string of the molecule is CCn1ncc2c(-c3cnc4c(c3)NC(=O)C3(CCN(C#N)C3)O4)cccc21. The van der Waals surface area contributed by atoms with Crippen molar-refractivity contribution in [3.8, 4) is 23.2 Å². The highest BCUT2D eigenvalue weighted by Crippen LogP contribution is 2.39. The molecule has 4 heterocycles. The summed E-state index contributed by atoms with van der Waals surface area (Å²) in [6, 6.07) is 7.92. The van der Waals surface area contributed by atoms with Gasteiger partial charge in [-0.3, -0.25) is 9.48 Å². The van der Waals surface area contributed by atoms with Crippen LogP contribution >= 0.6 is 0 Å². The summed E-state index contributed by atoms with van der Waals surface area (Å²) in [5.74, 6) is 0.160. The van der Waals surface area contributed by atoms with E-state index in [0.29, 0.717) is 24.5 Å². The van der Waals surface area contributed by atoms with Crippen molar-refractivity contribution in [2.45, 2.75) is 25.5 Å². The van der Waals surface area contributed by atoms with E-state index >= 15 is 0 Å². The molecule has 1 N–H and O–H groups in total. The molecule has 140 valence electrons. The largest absolute Gasteiger partial charge is 0.457 e. The number of carbonyl (C=O) groups is 1. The normalized spacial score (nSPS) is 20.7. The molecule has 1 atom stereocenters. The maximum atomic E-state index is 12.7. The lowest BCUT2D eigenvalue weighted by Crippen LogP contribution is -2.52. The van der Waals surface area contributed by atoms with E-state index in [1.165, 1.54) is 4.90 Å². The van der Waals surface area contributed by atoms with Gasteiger partial charge < -0.3 is 15.0 Å². The first kappa shape index (κ1) is 16.6. The molecule has 5 rings (SSSR count). The number of carbonyl (C=O) groups excluding carboxylic acids is 1. The minimum Gasteiger partial charge on any atom is -0.457 e. The molecule has 1 saturated heterocycles. The Bertz CT molecular complexity index is 1150. The summed E-state index contributed by atoms with van der Waals surface area (Å²) in [6.07, 6.45) is 6.15. The number of rotatable bonds is 2. The first-order chi connectivity index (χ1) is 13.6. The first-order valence-electron chi connectivity index (χ1n) is 9.23. The van der Waals surface area contributed by atoms with Crippen LogP contribution in [0.1, 0.15) is 13.3 Å². The van der Waals surface area contributed by atoms with E-state index in [2.05, 4.69) is 28.5 Å². The van der Waals surface area contributed by atoms with Gasteiger partial charge in [-0.05, 0) is 24.6 Å². The molecule has 0 aliphatic carbocycles. The Morgan fingerprint density at radius 2 is 2.29 bits per heavy atom. The Kier molecular flexibility index (Phi) is 3.52. The Labute approximate surface area is 161 Å². The van der Waals surface area contributed by atoms with Gasteiger partial charge in [-0.15, -0.1) is 0 Å². The fourth-order valence-corrected chi connectivity index (χ4v) is 3.98. The van der Waals surface area contributed by atoms with Crippen molar-refractivity contribution in [1.82, 2.24) is 19.7 Å². The molecule has 2 aromatic heterocycles. The van der Waals surface area contributed by atoms with Gasteiger partial charge in [0.2, 0.25) is 11.5 Å². The standard InChI is InChI=1S/C20H18N6O2/c1-2-26-17-5-3-4-14(15(17)10-23-26)13-8-16-18(22-9-13)28-20(19(27)24-16)6-7-25(11-20)12-21/h3-5,8-10H,2,6-7,11H2,1H3,(H,24,27). The summed E-state index contributed by atoms with van der Waals surface area (Å²) < 4.78 is 7.94. The molecular formula is C20H18N6O2. The van der Waals surface area contributed by atoms with Crippen LogP contribution in [0.15, 0.2) is 36.7 Å². The highest BCUT2D eigenvalue weighted by Gasteiger charge is 2.50. The van der Waals surface area contributed by atoms with E-state index in [4.69, 9.17) is 10.00 Å². The topological polar surface area (TPSA) is 96.1 Å². The number of nitriles is 1. The van der Waals surface area contributed by atoms with Gasteiger partial charge in [-0.1, -0.05) is 12.1 Å². The Hall–Kier alpha value is -3.60. The predicted octanol–water partition coefficient (Wildman–Crippen LogP) is 2.37. The Morgan fingerprint density at radius 3 is 3.07 bits per heavy atom. The van der Waals surface area contributed by atoms with Crippen molar-refractivity contribution in [3.05, 3.63) is 36.7 Å². The molecule has 0 saturated carbocycles. The number of ether oxygens (including phenoxy) is 1. The lowest BCUT2D eigenvalue weighted by atomic mass is 9.99. The highest BCUT2D eigenvalue weighted by molar-refractivity contribution is 6.02. The van der Waals surface area contributed by atoms with Gasteiger partial charge >= 0.3 is 0 Å². The third-order valence-electron chi connectivity index (χ3n) is 5.48. The second-order valence-electron chi connectivity index (χ2n) is 7.10. The number of likely N-dealkylation sites (tertiary alicyclic amines) is 1. The van der Waals surface area contributed by atoms with E-state index in [0.717, 1.165) is 28.6 Å². The zero-order valence-corrected chi connectivity index (χ0v) is 15.3. The fraction of sp³-hybridized carbons (Fsp3) is 0.300. The van der Waals surface area contributed by atoms with Gasteiger partial charge in [0.15, 0.2) is 6.19 Å². The van der Waals surface area contributed by atoms with Crippen LogP contribution < -0.4 is 10.1 Å². The van der Waals surface area contributed by atoms with Crippen LogP contribution in [0.3, 0.4) is 0 Å². The van der Waals surface area contributed by atoms with Crippen LogP contribution in [0, 0.1) is 11.5 Å². The number of aromatic nitrogens is 3. The number of pyridine rings is 1. The molecule has 8 heteroatoms. The monoisotopic (exact) mass is 374 g/mol. The fourth-order valence-electron chi connectivity index (χ4n) is 3.98. The lowest BCUT2D eigenvalue weighted by Gasteiger charge is -2.33. The maximum absolute atomic E-state index is 12.7. The summed E-state index contributed by atoms with van der Waals surface area (Å²) in [6.45, 7) is 3.59. The number of anilines is 1. The van der Waals surface area contributed by atoms with Gasteiger partial charge in [-0.25, -0.2) is 4.98 Å². The zero-order valence-electron chi connectivity index (χ0n) is 15.3. The molecule has 0 bridgehead atoms. The minimum atomic E-state index is -1.04. The molecule has 1 spiro atoms. The van der Waals surface area contributed by atoms with Gasteiger partial charge in [0.05, 0.1) is 18.3 Å². The first-order valence-corrected chi connectivity index (χ1v) is 9.23. The molecule has 2 aliphatic rings. The second kappa shape index (κ2) is 5.96. The summed E-state index contributed by atoms with van der Waals surface area (Å²) >= 11 is 0. The molecule has 8 nitrogen and oxygen atoms in total. The van der Waals surface area contributed by atoms with Crippen LogP contribution in [0.2, 0.25) is 0 Å². The molecule has 1 aromatic carbocycles. The zero-order chi connectivity index (χ0) is 19.3. The molecule has 3 aromatic rings. The maximum Gasteiger partial charge on any atom is 0.270 e. The van der Waals surface area contributed by atoms with Crippen molar-refractivity contribution in [2.24, 2.45) is 0 Å². The van der Waals surface area contributed by atoms with Gasteiger partial charge in [0.25, 0.3) is 5.91 Å². The van der Waals surface area contributed by atoms with Gasteiger partial charge in [0, 0.05) is 36.7 Å². The number of nitrogens with one attached hydrogen (secondary N) is 1. The molecule has 1 unspecified atom stereocenters. The molecular weight excluding hydrogens is 356 g/mol. The van der Waals surface area contributed by atoms with Gasteiger partial charge in [-0.2, -0.15) is 10.4 Å². The average molecular weight is 374 g/mol. The van der Waals surface area contributed by atoms with E-state index in [1.54, 1.807) is 6.20 Å². The Balaban J connectivity index is 1.54. The predicted molar refractivity (Wildman–Crippen MR) is 102 cm³/mol. The smallest absolute Gasteiger partial charge is 0.270 e. The third-order valence-corrected chi connectivity index (χ3v) is 5.48. The number of aryl methyl sites for hydroxylation is 1. The number of nitrogens with zero attached hydrogens (tertiary/aromatic N) is 5.